The lowest BCUT2D eigenvalue weighted by atomic mass is 10.1. The molecule has 1 saturated heterocycles. The van der Waals surface area contributed by atoms with Crippen LogP contribution in [0.25, 0.3) is 11.3 Å². The van der Waals surface area contributed by atoms with Crippen LogP contribution in [0, 0.1) is 5.82 Å². The molecular weight excluding hydrogens is 496 g/mol. The molecule has 35 heavy (non-hydrogen) atoms. The summed E-state index contributed by atoms with van der Waals surface area (Å²) >= 11 is 11.7. The first-order valence-electron chi connectivity index (χ1n) is 10.9. The Hall–Kier alpha value is -3.50. The minimum absolute atomic E-state index is 0.0257. The Balaban J connectivity index is 1.31. The number of halogens is 3. The number of aryl methyl sites for hydroxylation is 1. The molecule has 180 valence electrons. The lowest BCUT2D eigenvalue weighted by Gasteiger charge is -2.40. The van der Waals surface area contributed by atoms with Crippen molar-refractivity contribution in [2.45, 2.75) is 26.1 Å². The Morgan fingerprint density at radius 3 is 2.63 bits per heavy atom. The molecule has 0 bridgehead atoms. The highest BCUT2D eigenvalue weighted by atomic mass is 35.5. The number of ether oxygens (including phenoxy) is 1. The van der Waals surface area contributed by atoms with Gasteiger partial charge >= 0.3 is 0 Å². The minimum Gasteiger partial charge on any atom is -0.485 e. The summed E-state index contributed by atoms with van der Waals surface area (Å²) in [5.74, 6) is 0.128. The van der Waals surface area contributed by atoms with Crippen molar-refractivity contribution in [2.24, 2.45) is 0 Å². The van der Waals surface area contributed by atoms with Gasteiger partial charge in [-0.05, 0) is 37.3 Å². The van der Waals surface area contributed by atoms with Crippen molar-refractivity contribution < 1.29 is 9.13 Å². The molecule has 9 nitrogen and oxygen atoms in total. The molecule has 1 aliphatic rings. The SMILES string of the molecule is CCn1nnc(-c2ccc(Cl)cc2F)c1Cn1ncc(N2CC(Oc3ccc(Cl)nc3)C2)cc1=O. The summed E-state index contributed by atoms with van der Waals surface area (Å²) < 4.78 is 23.3. The predicted molar refractivity (Wildman–Crippen MR) is 130 cm³/mol. The van der Waals surface area contributed by atoms with Crippen molar-refractivity contribution in [2.75, 3.05) is 18.0 Å². The number of anilines is 1. The summed E-state index contributed by atoms with van der Waals surface area (Å²) in [5.41, 5.74) is 1.59. The van der Waals surface area contributed by atoms with Crippen molar-refractivity contribution in [3.05, 3.63) is 80.8 Å². The zero-order chi connectivity index (χ0) is 24.5. The fourth-order valence-corrected chi connectivity index (χ4v) is 4.11. The molecule has 0 unspecified atom stereocenters. The molecule has 4 heterocycles. The van der Waals surface area contributed by atoms with Gasteiger partial charge in [0.15, 0.2) is 0 Å². The van der Waals surface area contributed by atoms with E-state index in [1.165, 1.54) is 16.8 Å². The highest BCUT2D eigenvalue weighted by Crippen LogP contribution is 2.27. The third kappa shape index (κ3) is 4.85. The number of hydrogen-bond donors (Lipinski definition) is 0. The Morgan fingerprint density at radius 1 is 1.11 bits per heavy atom. The van der Waals surface area contributed by atoms with Crippen LogP contribution in [0.4, 0.5) is 10.1 Å². The van der Waals surface area contributed by atoms with E-state index in [4.69, 9.17) is 27.9 Å². The summed E-state index contributed by atoms with van der Waals surface area (Å²) in [6.45, 7) is 3.71. The van der Waals surface area contributed by atoms with Gasteiger partial charge in [0.1, 0.15) is 28.5 Å². The molecule has 0 aliphatic carbocycles. The highest BCUT2D eigenvalue weighted by molar-refractivity contribution is 6.30. The summed E-state index contributed by atoms with van der Waals surface area (Å²) in [6.07, 6.45) is 3.18. The van der Waals surface area contributed by atoms with Gasteiger partial charge in [0.05, 0.1) is 43.4 Å². The number of benzene rings is 1. The zero-order valence-corrected chi connectivity index (χ0v) is 20.1. The number of pyridine rings is 1. The van der Waals surface area contributed by atoms with Crippen LogP contribution in [0.1, 0.15) is 12.6 Å². The number of hydrogen-bond acceptors (Lipinski definition) is 7. The molecule has 0 spiro atoms. The molecule has 0 saturated carbocycles. The summed E-state index contributed by atoms with van der Waals surface area (Å²) in [4.78, 5) is 18.9. The zero-order valence-electron chi connectivity index (χ0n) is 18.6. The first kappa shape index (κ1) is 23.3. The molecule has 4 aromatic rings. The number of rotatable bonds is 7. The molecular formula is C23H20Cl2FN7O2. The van der Waals surface area contributed by atoms with Crippen LogP contribution in [-0.2, 0) is 13.1 Å². The van der Waals surface area contributed by atoms with Crippen molar-refractivity contribution >= 4 is 28.9 Å². The average Bonchev–Trinajstić information content (AvgIpc) is 3.21. The number of aromatic nitrogens is 6. The number of nitrogens with zero attached hydrogens (tertiary/aromatic N) is 7. The van der Waals surface area contributed by atoms with E-state index < -0.39 is 5.82 Å². The summed E-state index contributed by atoms with van der Waals surface area (Å²) in [5, 5.41) is 13.3. The van der Waals surface area contributed by atoms with Gasteiger partial charge in [0.25, 0.3) is 5.56 Å². The average molecular weight is 516 g/mol. The van der Waals surface area contributed by atoms with Gasteiger partial charge in [-0.3, -0.25) is 4.79 Å². The van der Waals surface area contributed by atoms with Gasteiger partial charge in [0.2, 0.25) is 0 Å². The van der Waals surface area contributed by atoms with Crippen LogP contribution in [0.5, 0.6) is 5.75 Å². The van der Waals surface area contributed by atoms with Crippen LogP contribution >= 0.6 is 23.2 Å². The third-order valence-electron chi connectivity index (χ3n) is 5.69. The molecule has 5 rings (SSSR count). The molecule has 0 atom stereocenters. The van der Waals surface area contributed by atoms with E-state index in [1.54, 1.807) is 41.3 Å². The molecule has 12 heteroatoms. The minimum atomic E-state index is -0.513. The van der Waals surface area contributed by atoms with Crippen molar-refractivity contribution in [1.82, 2.24) is 29.8 Å². The first-order valence-corrected chi connectivity index (χ1v) is 11.6. The van der Waals surface area contributed by atoms with Gasteiger partial charge in [-0.15, -0.1) is 5.10 Å². The highest BCUT2D eigenvalue weighted by Gasteiger charge is 2.29. The van der Waals surface area contributed by atoms with Crippen LogP contribution in [0.3, 0.4) is 0 Å². The van der Waals surface area contributed by atoms with Crippen molar-refractivity contribution in [1.29, 1.82) is 0 Å². The lowest BCUT2D eigenvalue weighted by Crippen LogP contribution is -2.54. The van der Waals surface area contributed by atoms with Gasteiger partial charge in [-0.1, -0.05) is 28.4 Å². The summed E-state index contributed by atoms with van der Waals surface area (Å²) in [7, 11) is 0. The van der Waals surface area contributed by atoms with E-state index in [2.05, 4.69) is 20.4 Å². The van der Waals surface area contributed by atoms with Crippen molar-refractivity contribution in [3.63, 3.8) is 0 Å². The third-order valence-corrected chi connectivity index (χ3v) is 6.15. The monoisotopic (exact) mass is 515 g/mol. The molecule has 0 N–H and O–H groups in total. The maximum absolute atomic E-state index is 14.6. The predicted octanol–water partition coefficient (Wildman–Crippen LogP) is 3.68. The van der Waals surface area contributed by atoms with E-state index in [1.807, 2.05) is 11.8 Å². The van der Waals surface area contributed by atoms with E-state index >= 15 is 0 Å². The molecule has 0 amide bonds. The van der Waals surface area contributed by atoms with Crippen LogP contribution in [0.2, 0.25) is 10.2 Å². The maximum atomic E-state index is 14.6. The van der Waals surface area contributed by atoms with Crippen LogP contribution in [-0.4, -0.2) is 49.0 Å². The largest absolute Gasteiger partial charge is 0.485 e. The first-order chi connectivity index (χ1) is 16.9. The standard InChI is InChI=1S/C23H20Cl2FN7O2/c1-2-32-20(23(29-30-32)18-5-3-14(24)7-19(18)26)13-33-22(34)8-15(9-28-33)31-11-17(12-31)35-16-4-6-21(25)27-10-16/h3-10,17H,2,11-13H2,1H3. The van der Waals surface area contributed by atoms with Gasteiger partial charge in [-0.25, -0.2) is 18.7 Å². The molecule has 1 aromatic carbocycles. The lowest BCUT2D eigenvalue weighted by molar-refractivity contribution is 0.167. The second kappa shape index (κ2) is 9.63. The smallest absolute Gasteiger partial charge is 0.269 e. The fraction of sp³-hybridized carbons (Fsp3) is 0.261. The fourth-order valence-electron chi connectivity index (χ4n) is 3.84. The van der Waals surface area contributed by atoms with Crippen molar-refractivity contribution in [3.8, 4) is 17.0 Å². The quantitative estimate of drug-likeness (QED) is 0.346. The molecule has 1 aliphatic heterocycles. The van der Waals surface area contributed by atoms with E-state index in [9.17, 15) is 9.18 Å². The van der Waals surface area contributed by atoms with E-state index in [0.717, 1.165) is 0 Å². The van der Waals surface area contributed by atoms with Crippen LogP contribution < -0.4 is 15.2 Å². The molecule has 1 fully saturated rings. The van der Waals surface area contributed by atoms with Crippen LogP contribution in [0.15, 0.2) is 53.6 Å². The second-order valence-electron chi connectivity index (χ2n) is 8.00. The summed E-state index contributed by atoms with van der Waals surface area (Å²) in [6, 6.07) is 9.31. The molecule has 0 radical (unpaired) electrons. The Morgan fingerprint density at radius 2 is 1.94 bits per heavy atom. The Labute approximate surface area is 209 Å². The van der Waals surface area contributed by atoms with Gasteiger partial charge in [-0.2, -0.15) is 5.10 Å². The maximum Gasteiger partial charge on any atom is 0.269 e. The topological polar surface area (TPSA) is 91.0 Å². The Kier molecular flexibility index (Phi) is 6.40. The second-order valence-corrected chi connectivity index (χ2v) is 8.82. The van der Waals surface area contributed by atoms with E-state index in [-0.39, 0.29) is 28.8 Å². The normalized spacial score (nSPS) is 13.7. The van der Waals surface area contributed by atoms with Gasteiger partial charge in [0, 0.05) is 23.2 Å². The Bertz CT molecular complexity index is 1420. The van der Waals surface area contributed by atoms with E-state index in [0.29, 0.717) is 47.6 Å². The van der Waals surface area contributed by atoms with Gasteiger partial charge < -0.3 is 9.64 Å². The molecule has 3 aromatic heterocycles.